The van der Waals surface area contributed by atoms with Crippen molar-refractivity contribution in [1.29, 1.82) is 0 Å². The fraction of sp³-hybridized carbons (Fsp3) is 0.450. The summed E-state index contributed by atoms with van der Waals surface area (Å²) in [5.74, 6) is 0.390. The second-order valence-corrected chi connectivity index (χ2v) is 13.2. The number of carbonyl (C=O) groups is 3. The summed E-state index contributed by atoms with van der Waals surface area (Å²) in [5.41, 5.74) is 4.76. The van der Waals surface area contributed by atoms with Crippen LogP contribution in [-0.2, 0) is 47.2 Å². The summed E-state index contributed by atoms with van der Waals surface area (Å²) in [6, 6.07) is 9.70. The molecule has 0 unspecified atom stereocenters. The Morgan fingerprint density at radius 2 is 1.49 bits per heavy atom. The molecular formula is C40H49CoN2O8-. The third kappa shape index (κ3) is 11.7. The molecule has 0 spiro atoms. The molecule has 2 aliphatic carbocycles. The van der Waals surface area contributed by atoms with Crippen molar-refractivity contribution in [2.45, 2.75) is 105 Å². The molecule has 11 heteroatoms. The van der Waals surface area contributed by atoms with Gasteiger partial charge in [0.05, 0.1) is 23.3 Å². The van der Waals surface area contributed by atoms with Crippen molar-refractivity contribution in [2.75, 3.05) is 0 Å². The molecule has 1 aliphatic heterocycles. The van der Waals surface area contributed by atoms with E-state index >= 15 is 0 Å². The van der Waals surface area contributed by atoms with Crippen molar-refractivity contribution < 1.29 is 55.9 Å². The maximum atomic E-state index is 13.2. The van der Waals surface area contributed by atoms with Crippen LogP contribution >= 0.6 is 0 Å². The Labute approximate surface area is 310 Å². The SMILES string of the molecule is C=C(CCc1[n-]c(/C=C2\N=C(c3ccccc3)C(OC(=O)C3CCCCC3)=C2C)c(C)c1OC(=O)C1CCCCC1)OO.CC(=O)/C=C(/C)O.[Co]. The van der Waals surface area contributed by atoms with Gasteiger partial charge in [0.1, 0.15) is 17.2 Å². The third-order valence-corrected chi connectivity index (χ3v) is 9.20. The largest absolute Gasteiger partial charge is 0.658 e. The summed E-state index contributed by atoms with van der Waals surface area (Å²) in [6.45, 7) is 10.3. The molecule has 5 rings (SSSR count). The minimum Gasteiger partial charge on any atom is -0.658 e. The van der Waals surface area contributed by atoms with Crippen LogP contribution in [0.4, 0.5) is 0 Å². The van der Waals surface area contributed by atoms with E-state index in [4.69, 9.17) is 29.8 Å². The average Bonchev–Trinajstić information content (AvgIpc) is 3.58. The summed E-state index contributed by atoms with van der Waals surface area (Å²) < 4.78 is 12.1. The number of aliphatic hydroxyl groups excluding tert-OH is 1. The van der Waals surface area contributed by atoms with E-state index < -0.39 is 0 Å². The van der Waals surface area contributed by atoms with Crippen molar-refractivity contribution in [2.24, 2.45) is 16.8 Å². The molecule has 1 aromatic heterocycles. The molecule has 51 heavy (non-hydrogen) atoms. The number of nitrogens with zero attached hydrogens (tertiary/aromatic N) is 2. The van der Waals surface area contributed by atoms with Crippen molar-refractivity contribution in [1.82, 2.24) is 4.98 Å². The van der Waals surface area contributed by atoms with E-state index in [9.17, 15) is 14.4 Å². The molecule has 2 fully saturated rings. The molecule has 2 aromatic rings. The molecule has 277 valence electrons. The third-order valence-electron chi connectivity index (χ3n) is 9.20. The fourth-order valence-corrected chi connectivity index (χ4v) is 6.44. The number of hydrogen-bond acceptors (Lipinski definition) is 9. The van der Waals surface area contributed by atoms with Crippen LogP contribution in [0.15, 0.2) is 76.5 Å². The van der Waals surface area contributed by atoms with Crippen LogP contribution in [-0.4, -0.2) is 33.8 Å². The van der Waals surface area contributed by atoms with Gasteiger partial charge in [0.15, 0.2) is 11.5 Å². The average molecular weight is 745 g/mol. The smallest absolute Gasteiger partial charge is 0.314 e. The number of hydrogen-bond donors (Lipinski definition) is 2. The summed E-state index contributed by atoms with van der Waals surface area (Å²) in [5, 5.41) is 17.4. The molecule has 2 N–H and O–H groups in total. The van der Waals surface area contributed by atoms with Gasteiger partial charge in [0, 0.05) is 40.4 Å². The minimum atomic E-state index is -0.230. The molecular weight excluding hydrogens is 695 g/mol. The number of esters is 2. The number of aryl methyl sites for hydroxylation is 1. The summed E-state index contributed by atoms with van der Waals surface area (Å²) in [7, 11) is 0. The van der Waals surface area contributed by atoms with E-state index in [0.29, 0.717) is 47.1 Å². The van der Waals surface area contributed by atoms with Gasteiger partial charge in [-0.25, -0.2) is 10.2 Å². The number of benzene rings is 1. The maximum absolute atomic E-state index is 13.2. The van der Waals surface area contributed by atoms with Gasteiger partial charge in [-0.3, -0.25) is 14.4 Å². The molecule has 1 radical (unpaired) electrons. The van der Waals surface area contributed by atoms with Gasteiger partial charge in [-0.15, -0.1) is 11.4 Å². The molecule has 3 aliphatic rings. The van der Waals surface area contributed by atoms with Crippen LogP contribution < -0.4 is 9.72 Å². The van der Waals surface area contributed by atoms with Crippen LogP contribution in [0.3, 0.4) is 0 Å². The van der Waals surface area contributed by atoms with Crippen LogP contribution in [0.5, 0.6) is 5.75 Å². The van der Waals surface area contributed by atoms with Gasteiger partial charge in [-0.2, -0.15) is 0 Å². The molecule has 0 bridgehead atoms. The number of allylic oxidation sites excluding steroid dienone is 5. The van der Waals surface area contributed by atoms with Gasteiger partial charge in [-0.1, -0.05) is 81.5 Å². The Morgan fingerprint density at radius 1 is 0.922 bits per heavy atom. The molecule has 0 atom stereocenters. The van der Waals surface area contributed by atoms with Crippen LogP contribution in [0.1, 0.15) is 114 Å². The monoisotopic (exact) mass is 744 g/mol. The topological polar surface area (TPSA) is 146 Å². The Kier molecular flexibility index (Phi) is 16.2. The standard InChI is InChI=1S/C35H41N2O6.C5H8O2.Co/c1-22(43-40)19-20-28-32(41-34(38)26-15-9-5-10-16-26)23(2)29(36-28)21-30-24(3)33(31(37-30)25-13-7-4-8-14-25)42-35(39)27-17-11-6-12-18-27;1-4(6)3-5(2)7;/h4,7-8,13-14,21,26-27H,1,5-6,9-12,15-20H2,2-3H3,(H-,36,37,40);3,6H,1-2H3;/q-1;;/b;4-3-;. The zero-order valence-corrected chi connectivity index (χ0v) is 31.0. The first-order valence-electron chi connectivity index (χ1n) is 17.5. The van der Waals surface area contributed by atoms with Crippen molar-refractivity contribution in [3.8, 4) is 5.75 Å². The predicted octanol–water partition coefficient (Wildman–Crippen LogP) is 8.65. The van der Waals surface area contributed by atoms with Crippen LogP contribution in [0.25, 0.3) is 6.08 Å². The molecule has 0 amide bonds. The number of carbonyl (C=O) groups excluding carboxylic acids is 3. The second kappa shape index (κ2) is 20.0. The Bertz CT molecular complexity index is 1670. The number of ether oxygens (including phenoxy) is 2. The first-order valence-corrected chi connectivity index (χ1v) is 17.5. The minimum absolute atomic E-state index is 0. The van der Waals surface area contributed by atoms with Gasteiger partial charge in [0.2, 0.25) is 0 Å². The number of aliphatic hydroxyl groups is 1. The van der Waals surface area contributed by atoms with E-state index in [2.05, 4.69) is 11.5 Å². The molecule has 2 heterocycles. The fourth-order valence-electron chi connectivity index (χ4n) is 6.44. The molecule has 1 aromatic carbocycles. The Balaban J connectivity index is 0.000000797. The van der Waals surface area contributed by atoms with Crippen molar-refractivity contribution in [3.63, 3.8) is 0 Å². The van der Waals surface area contributed by atoms with Crippen molar-refractivity contribution in [3.05, 3.63) is 94.0 Å². The molecule has 0 saturated heterocycles. The zero-order chi connectivity index (χ0) is 36.2. The first kappa shape index (κ1) is 41.2. The van der Waals surface area contributed by atoms with Gasteiger partial charge >= 0.3 is 11.9 Å². The Hall–Kier alpha value is -4.19. The van der Waals surface area contributed by atoms with E-state index in [1.807, 2.05) is 50.3 Å². The first-order chi connectivity index (χ1) is 24.0. The van der Waals surface area contributed by atoms with Crippen LogP contribution in [0, 0.1) is 18.8 Å². The summed E-state index contributed by atoms with van der Waals surface area (Å²) in [6.07, 6.45) is 13.5. The van der Waals surface area contributed by atoms with E-state index in [-0.39, 0.29) is 57.9 Å². The summed E-state index contributed by atoms with van der Waals surface area (Å²) in [4.78, 5) is 50.4. The summed E-state index contributed by atoms with van der Waals surface area (Å²) >= 11 is 0. The second-order valence-electron chi connectivity index (χ2n) is 13.2. The van der Waals surface area contributed by atoms with E-state index in [1.165, 1.54) is 19.9 Å². The normalized spacial score (nSPS) is 17.5. The number of aromatic nitrogens is 1. The molecule has 10 nitrogen and oxygen atoms in total. The molecule has 2 saturated carbocycles. The number of rotatable bonds is 11. The van der Waals surface area contributed by atoms with E-state index in [1.54, 1.807) is 0 Å². The maximum Gasteiger partial charge on any atom is 0.314 e. The quantitative estimate of drug-likeness (QED) is 0.0759. The van der Waals surface area contributed by atoms with Crippen LogP contribution in [0.2, 0.25) is 0 Å². The number of aliphatic imine (C=N–C) groups is 1. The van der Waals surface area contributed by atoms with Gasteiger partial charge < -0.3 is 24.5 Å². The van der Waals surface area contributed by atoms with Gasteiger partial charge in [-0.05, 0) is 65.4 Å². The Morgan fingerprint density at radius 3 is 2.00 bits per heavy atom. The van der Waals surface area contributed by atoms with Gasteiger partial charge in [0.25, 0.3) is 0 Å². The van der Waals surface area contributed by atoms with E-state index in [0.717, 1.165) is 80.9 Å². The zero-order valence-electron chi connectivity index (χ0n) is 30.0. The predicted molar refractivity (Wildman–Crippen MR) is 191 cm³/mol. The van der Waals surface area contributed by atoms with Crippen molar-refractivity contribution >= 4 is 29.5 Å². The number of ketones is 1.